The summed E-state index contributed by atoms with van der Waals surface area (Å²) in [6.45, 7) is 1.02. The van der Waals surface area contributed by atoms with Gasteiger partial charge in [0, 0.05) is 13.1 Å². The van der Waals surface area contributed by atoms with Gasteiger partial charge in [-0.3, -0.25) is 0 Å². The third-order valence-electron chi connectivity index (χ3n) is 3.45. The third-order valence-corrected chi connectivity index (χ3v) is 5.34. The first-order valence-electron chi connectivity index (χ1n) is 6.80. The molecule has 6 nitrogen and oxygen atoms in total. The van der Waals surface area contributed by atoms with Crippen molar-refractivity contribution in [3.05, 3.63) is 29.8 Å². The van der Waals surface area contributed by atoms with Gasteiger partial charge in [-0.05, 0) is 31.0 Å². The minimum absolute atomic E-state index is 0.00552. The maximum Gasteiger partial charge on any atom is 0.243 e. The van der Waals surface area contributed by atoms with Gasteiger partial charge in [0.25, 0.3) is 0 Å². The van der Waals surface area contributed by atoms with E-state index in [0.29, 0.717) is 31.5 Å². The van der Waals surface area contributed by atoms with Crippen molar-refractivity contribution in [2.45, 2.75) is 23.8 Å². The van der Waals surface area contributed by atoms with Crippen molar-refractivity contribution in [3.63, 3.8) is 0 Å². The predicted octanol–water partition coefficient (Wildman–Crippen LogP) is 0.720. The molecule has 0 atom stereocenters. The van der Waals surface area contributed by atoms with Crippen LogP contribution in [0.2, 0.25) is 0 Å². The molecule has 0 saturated carbocycles. The van der Waals surface area contributed by atoms with E-state index in [9.17, 15) is 8.42 Å². The normalized spacial score (nSPS) is 17.5. The summed E-state index contributed by atoms with van der Waals surface area (Å²) in [5.74, 6) is 0. The molecule has 0 unspecified atom stereocenters. The average molecular weight is 310 g/mol. The van der Waals surface area contributed by atoms with Crippen LogP contribution in [-0.2, 0) is 14.8 Å². The minimum Gasteiger partial charge on any atom is -0.394 e. The summed E-state index contributed by atoms with van der Waals surface area (Å²) in [7, 11) is -3.56. The van der Waals surface area contributed by atoms with Gasteiger partial charge in [0.2, 0.25) is 10.0 Å². The summed E-state index contributed by atoms with van der Waals surface area (Å²) in [4.78, 5) is 0.149. The molecule has 0 amide bonds. The highest BCUT2D eigenvalue weighted by molar-refractivity contribution is 7.89. The van der Waals surface area contributed by atoms with Crippen LogP contribution in [0.4, 0.5) is 0 Å². The highest BCUT2D eigenvalue weighted by Crippen LogP contribution is 2.22. The molecular weight excluding hydrogens is 292 g/mol. The summed E-state index contributed by atoms with van der Waals surface area (Å²) < 4.78 is 31.9. The lowest BCUT2D eigenvalue weighted by molar-refractivity contribution is 0.00318. The van der Waals surface area contributed by atoms with Gasteiger partial charge in [0.15, 0.2) is 0 Å². The number of piperidine rings is 1. The lowest BCUT2D eigenvalue weighted by Gasteiger charge is -2.31. The lowest BCUT2D eigenvalue weighted by atomic mass is 10.1. The third kappa shape index (κ3) is 3.80. The van der Waals surface area contributed by atoms with Crippen molar-refractivity contribution in [1.82, 2.24) is 4.31 Å². The fourth-order valence-electron chi connectivity index (χ4n) is 2.33. The Balaban J connectivity index is 2.06. The van der Waals surface area contributed by atoms with E-state index >= 15 is 0 Å². The molecule has 1 aromatic carbocycles. The number of rotatable bonds is 5. The Morgan fingerprint density at radius 2 is 2.10 bits per heavy atom. The van der Waals surface area contributed by atoms with Crippen LogP contribution in [0.1, 0.15) is 18.4 Å². The lowest BCUT2D eigenvalue weighted by Crippen LogP contribution is -2.41. The molecule has 0 aromatic heterocycles. The molecule has 2 rings (SSSR count). The Morgan fingerprint density at radius 3 is 2.71 bits per heavy atom. The highest BCUT2D eigenvalue weighted by atomic mass is 32.2. The first-order valence-corrected chi connectivity index (χ1v) is 8.24. The smallest absolute Gasteiger partial charge is 0.243 e. The predicted molar refractivity (Wildman–Crippen MR) is 76.0 cm³/mol. The summed E-state index contributed by atoms with van der Waals surface area (Å²) >= 11 is 0. The fraction of sp³-hybridized carbons (Fsp3) is 0.500. The topological polar surface area (TPSA) is 90.6 Å². The van der Waals surface area contributed by atoms with E-state index < -0.39 is 10.0 Å². The zero-order chi connectivity index (χ0) is 15.3. The molecule has 0 aliphatic carbocycles. The summed E-state index contributed by atoms with van der Waals surface area (Å²) in [5.41, 5.74) is 0.331. The molecule has 21 heavy (non-hydrogen) atoms. The second-order valence-corrected chi connectivity index (χ2v) is 6.78. The number of sulfonamides is 1. The van der Waals surface area contributed by atoms with E-state index in [2.05, 4.69) is 0 Å². The van der Waals surface area contributed by atoms with Gasteiger partial charge in [0.1, 0.15) is 0 Å². The van der Waals surface area contributed by atoms with E-state index in [4.69, 9.17) is 15.1 Å². The maximum atomic E-state index is 12.5. The van der Waals surface area contributed by atoms with Gasteiger partial charge in [-0.25, -0.2) is 8.42 Å². The van der Waals surface area contributed by atoms with E-state index in [1.54, 1.807) is 12.1 Å². The molecule has 1 aromatic rings. The number of ether oxygens (including phenoxy) is 1. The van der Waals surface area contributed by atoms with Crippen LogP contribution in [0, 0.1) is 11.3 Å². The van der Waals surface area contributed by atoms with Gasteiger partial charge >= 0.3 is 0 Å². The molecule has 0 spiro atoms. The first-order chi connectivity index (χ1) is 10.1. The van der Waals surface area contributed by atoms with Crippen LogP contribution in [0.15, 0.2) is 29.2 Å². The second-order valence-electron chi connectivity index (χ2n) is 4.84. The van der Waals surface area contributed by atoms with Crippen LogP contribution in [0.25, 0.3) is 0 Å². The molecular formula is C14H18N2O4S. The van der Waals surface area contributed by atoms with Gasteiger partial charge in [-0.15, -0.1) is 0 Å². The van der Waals surface area contributed by atoms with Crippen molar-refractivity contribution in [2.24, 2.45) is 0 Å². The zero-order valence-corrected chi connectivity index (χ0v) is 12.4. The van der Waals surface area contributed by atoms with Gasteiger partial charge in [-0.1, -0.05) is 6.07 Å². The Labute approximate surface area is 124 Å². The fourth-order valence-corrected chi connectivity index (χ4v) is 3.85. The number of benzene rings is 1. The standard InChI is InChI=1S/C14H18N2O4S/c15-11-12-2-1-3-14(10-12)21(18,19)16-6-4-13(5-7-16)20-9-8-17/h1-3,10,13,17H,4-9H2. The van der Waals surface area contributed by atoms with Crippen LogP contribution in [-0.4, -0.2) is 50.2 Å². The van der Waals surface area contributed by atoms with Crippen molar-refractivity contribution in [3.8, 4) is 6.07 Å². The molecule has 114 valence electrons. The van der Waals surface area contributed by atoms with Crippen LogP contribution >= 0.6 is 0 Å². The molecule has 1 aliphatic rings. The number of aliphatic hydroxyl groups is 1. The first kappa shape index (κ1) is 15.9. The number of hydrogen-bond acceptors (Lipinski definition) is 5. The quantitative estimate of drug-likeness (QED) is 0.865. The van der Waals surface area contributed by atoms with E-state index in [1.807, 2.05) is 6.07 Å². The maximum absolute atomic E-state index is 12.5. The number of hydrogen-bond donors (Lipinski definition) is 1. The van der Waals surface area contributed by atoms with E-state index in [-0.39, 0.29) is 24.2 Å². The summed E-state index contributed by atoms with van der Waals surface area (Å²) in [6.07, 6.45) is 1.21. The van der Waals surface area contributed by atoms with Crippen molar-refractivity contribution in [2.75, 3.05) is 26.3 Å². The Bertz CT molecular complexity index is 616. The molecule has 1 heterocycles. The molecule has 1 saturated heterocycles. The molecule has 1 fully saturated rings. The molecule has 7 heteroatoms. The molecule has 0 bridgehead atoms. The van der Waals surface area contributed by atoms with E-state index in [0.717, 1.165) is 0 Å². The number of nitriles is 1. The molecule has 1 aliphatic heterocycles. The van der Waals surface area contributed by atoms with E-state index in [1.165, 1.54) is 16.4 Å². The van der Waals surface area contributed by atoms with Crippen molar-refractivity contribution < 1.29 is 18.3 Å². The summed E-state index contributed by atoms with van der Waals surface area (Å²) in [6, 6.07) is 7.99. The SMILES string of the molecule is N#Cc1cccc(S(=O)(=O)N2CCC(OCCO)CC2)c1. The Morgan fingerprint density at radius 1 is 1.38 bits per heavy atom. The summed E-state index contributed by atoms with van der Waals surface area (Å²) in [5, 5.41) is 17.6. The zero-order valence-electron chi connectivity index (χ0n) is 11.6. The number of nitrogens with zero attached hydrogens (tertiary/aromatic N) is 2. The van der Waals surface area contributed by atoms with Crippen molar-refractivity contribution in [1.29, 1.82) is 5.26 Å². The average Bonchev–Trinajstić information content (AvgIpc) is 2.53. The monoisotopic (exact) mass is 310 g/mol. The minimum atomic E-state index is -3.56. The largest absolute Gasteiger partial charge is 0.394 e. The molecule has 1 N–H and O–H groups in total. The van der Waals surface area contributed by atoms with Crippen LogP contribution < -0.4 is 0 Å². The van der Waals surface area contributed by atoms with Gasteiger partial charge in [0.05, 0.1) is 35.8 Å². The van der Waals surface area contributed by atoms with Crippen LogP contribution in [0.3, 0.4) is 0 Å². The number of aliphatic hydroxyl groups excluding tert-OH is 1. The van der Waals surface area contributed by atoms with Crippen molar-refractivity contribution >= 4 is 10.0 Å². The second kappa shape index (κ2) is 7.00. The van der Waals surface area contributed by atoms with Crippen LogP contribution in [0.5, 0.6) is 0 Å². The van der Waals surface area contributed by atoms with Gasteiger partial charge in [-0.2, -0.15) is 9.57 Å². The van der Waals surface area contributed by atoms with Gasteiger partial charge < -0.3 is 9.84 Å². The highest BCUT2D eigenvalue weighted by Gasteiger charge is 2.29. The Hall–Kier alpha value is -1.46. The Kier molecular flexibility index (Phi) is 5.31. The molecule has 0 radical (unpaired) electrons.